The zero-order valence-corrected chi connectivity index (χ0v) is 14.3. The summed E-state index contributed by atoms with van der Waals surface area (Å²) < 4.78 is 42.4. The summed E-state index contributed by atoms with van der Waals surface area (Å²) in [5.74, 6) is -1.03. The molecule has 0 aliphatic carbocycles. The van der Waals surface area contributed by atoms with Crippen LogP contribution < -0.4 is 10.1 Å². The van der Waals surface area contributed by atoms with Gasteiger partial charge in [-0.25, -0.2) is 4.39 Å². The SMILES string of the molecule is CCNCC1CCN(C(=O)c2ccc(F)cc2OC(F)F)CC1.Cl. The number of nitrogens with zero attached hydrogens (tertiary/aromatic N) is 1. The zero-order chi connectivity index (χ0) is 16.8. The summed E-state index contributed by atoms with van der Waals surface area (Å²) in [4.78, 5) is 14.1. The highest BCUT2D eigenvalue weighted by atomic mass is 35.5. The van der Waals surface area contributed by atoms with Crippen LogP contribution in [0.25, 0.3) is 0 Å². The van der Waals surface area contributed by atoms with Crippen LogP contribution in [0.1, 0.15) is 30.1 Å². The molecule has 1 N–H and O–H groups in total. The van der Waals surface area contributed by atoms with E-state index in [2.05, 4.69) is 10.1 Å². The molecule has 0 aromatic heterocycles. The molecular weight excluding hydrogens is 345 g/mol. The highest BCUT2D eigenvalue weighted by molar-refractivity contribution is 5.97. The van der Waals surface area contributed by atoms with Gasteiger partial charge in [0.2, 0.25) is 0 Å². The monoisotopic (exact) mass is 366 g/mol. The Morgan fingerprint density at radius 2 is 2.04 bits per heavy atom. The summed E-state index contributed by atoms with van der Waals surface area (Å²) >= 11 is 0. The Kier molecular flexibility index (Phi) is 8.35. The molecule has 0 atom stereocenters. The van der Waals surface area contributed by atoms with Crippen molar-refractivity contribution < 1.29 is 22.7 Å². The first-order chi connectivity index (χ1) is 11.0. The molecule has 1 saturated heterocycles. The first-order valence-corrected chi connectivity index (χ1v) is 7.75. The van der Waals surface area contributed by atoms with Crippen LogP contribution in [-0.4, -0.2) is 43.6 Å². The van der Waals surface area contributed by atoms with Crippen molar-refractivity contribution >= 4 is 18.3 Å². The number of amides is 1. The fraction of sp³-hybridized carbons (Fsp3) is 0.562. The molecule has 0 radical (unpaired) electrons. The number of piperidine rings is 1. The smallest absolute Gasteiger partial charge is 0.387 e. The molecule has 1 aliphatic heterocycles. The number of hydrogen-bond donors (Lipinski definition) is 1. The molecule has 136 valence electrons. The Labute approximate surface area is 145 Å². The number of carbonyl (C=O) groups excluding carboxylic acids is 1. The third kappa shape index (κ3) is 5.56. The molecule has 0 saturated carbocycles. The fourth-order valence-corrected chi connectivity index (χ4v) is 2.73. The number of halogens is 4. The quantitative estimate of drug-likeness (QED) is 0.839. The predicted octanol–water partition coefficient (Wildman–Crippen LogP) is 3.31. The van der Waals surface area contributed by atoms with Crippen LogP contribution in [-0.2, 0) is 0 Å². The Balaban J connectivity index is 0.00000288. The Morgan fingerprint density at radius 3 is 2.62 bits per heavy atom. The highest BCUT2D eigenvalue weighted by Gasteiger charge is 2.26. The molecule has 1 heterocycles. The lowest BCUT2D eigenvalue weighted by Crippen LogP contribution is -2.41. The number of likely N-dealkylation sites (tertiary alicyclic amines) is 1. The average molecular weight is 367 g/mol. The van der Waals surface area contributed by atoms with Gasteiger partial charge in [0, 0.05) is 19.2 Å². The van der Waals surface area contributed by atoms with Gasteiger partial charge in [-0.3, -0.25) is 4.79 Å². The summed E-state index contributed by atoms with van der Waals surface area (Å²) in [5, 5.41) is 3.28. The molecular formula is C16H22ClF3N2O2. The van der Waals surface area contributed by atoms with Gasteiger partial charge in [-0.1, -0.05) is 6.92 Å². The van der Waals surface area contributed by atoms with E-state index in [9.17, 15) is 18.0 Å². The number of alkyl halides is 2. The van der Waals surface area contributed by atoms with Gasteiger partial charge >= 0.3 is 6.61 Å². The number of carbonyl (C=O) groups is 1. The van der Waals surface area contributed by atoms with Crippen molar-refractivity contribution in [3.8, 4) is 5.75 Å². The number of nitrogens with one attached hydrogen (secondary N) is 1. The maximum Gasteiger partial charge on any atom is 0.387 e. The second kappa shape index (κ2) is 9.74. The van der Waals surface area contributed by atoms with Crippen molar-refractivity contribution in [2.45, 2.75) is 26.4 Å². The van der Waals surface area contributed by atoms with E-state index in [0.29, 0.717) is 19.0 Å². The Bertz CT molecular complexity index is 538. The molecule has 4 nitrogen and oxygen atoms in total. The molecule has 8 heteroatoms. The summed E-state index contributed by atoms with van der Waals surface area (Å²) in [6.45, 7) is 1.87. The third-order valence-corrected chi connectivity index (χ3v) is 3.97. The van der Waals surface area contributed by atoms with E-state index in [-0.39, 0.29) is 18.0 Å². The van der Waals surface area contributed by atoms with Crippen LogP contribution >= 0.6 is 12.4 Å². The molecule has 1 amide bonds. The molecule has 1 aliphatic rings. The van der Waals surface area contributed by atoms with Crippen LogP contribution in [0.4, 0.5) is 13.2 Å². The third-order valence-electron chi connectivity index (χ3n) is 3.97. The lowest BCUT2D eigenvalue weighted by atomic mass is 9.96. The highest BCUT2D eigenvalue weighted by Crippen LogP contribution is 2.26. The van der Waals surface area contributed by atoms with Gasteiger partial charge in [0.25, 0.3) is 5.91 Å². The molecule has 24 heavy (non-hydrogen) atoms. The van der Waals surface area contributed by atoms with E-state index in [4.69, 9.17) is 0 Å². The second-order valence-electron chi connectivity index (χ2n) is 5.56. The molecule has 0 spiro atoms. The normalized spacial score (nSPS) is 15.3. The lowest BCUT2D eigenvalue weighted by molar-refractivity contribution is -0.0504. The predicted molar refractivity (Wildman–Crippen MR) is 87.5 cm³/mol. The maximum absolute atomic E-state index is 13.2. The number of hydrogen-bond acceptors (Lipinski definition) is 3. The average Bonchev–Trinajstić information content (AvgIpc) is 2.52. The minimum absolute atomic E-state index is 0. The largest absolute Gasteiger partial charge is 0.434 e. The Morgan fingerprint density at radius 1 is 1.38 bits per heavy atom. The van der Waals surface area contributed by atoms with Crippen molar-refractivity contribution in [2.24, 2.45) is 5.92 Å². The second-order valence-corrected chi connectivity index (χ2v) is 5.56. The van der Waals surface area contributed by atoms with E-state index >= 15 is 0 Å². The van der Waals surface area contributed by atoms with Gasteiger partial charge in [-0.05, 0) is 44.0 Å². The minimum Gasteiger partial charge on any atom is -0.434 e. The fourth-order valence-electron chi connectivity index (χ4n) is 2.73. The van der Waals surface area contributed by atoms with Crippen LogP contribution in [0, 0.1) is 11.7 Å². The van der Waals surface area contributed by atoms with Crippen LogP contribution in [0.3, 0.4) is 0 Å². The zero-order valence-electron chi connectivity index (χ0n) is 13.4. The standard InChI is InChI=1S/C16H21F3N2O2.ClH/c1-2-20-10-11-5-7-21(8-6-11)15(22)13-4-3-12(17)9-14(13)23-16(18)19;/h3-4,9,11,16,20H,2,5-8,10H2,1H3;1H. The molecule has 1 aromatic carbocycles. The van der Waals surface area contributed by atoms with Crippen LogP contribution in [0.5, 0.6) is 5.75 Å². The van der Waals surface area contributed by atoms with E-state index in [1.165, 1.54) is 6.07 Å². The van der Waals surface area contributed by atoms with Crippen molar-refractivity contribution in [3.05, 3.63) is 29.6 Å². The van der Waals surface area contributed by atoms with Gasteiger partial charge < -0.3 is 15.0 Å². The first-order valence-electron chi connectivity index (χ1n) is 7.75. The minimum atomic E-state index is -3.10. The van der Waals surface area contributed by atoms with Crippen molar-refractivity contribution in [1.29, 1.82) is 0 Å². The van der Waals surface area contributed by atoms with Crippen molar-refractivity contribution in [2.75, 3.05) is 26.2 Å². The van der Waals surface area contributed by atoms with Gasteiger partial charge in [0.15, 0.2) is 0 Å². The summed E-state index contributed by atoms with van der Waals surface area (Å²) in [7, 11) is 0. The molecule has 0 unspecified atom stereocenters. The van der Waals surface area contributed by atoms with Gasteiger partial charge in [-0.15, -0.1) is 12.4 Å². The van der Waals surface area contributed by atoms with Crippen molar-refractivity contribution in [3.63, 3.8) is 0 Å². The van der Waals surface area contributed by atoms with E-state index in [0.717, 1.165) is 38.1 Å². The topological polar surface area (TPSA) is 41.6 Å². The number of benzene rings is 1. The van der Waals surface area contributed by atoms with Gasteiger partial charge in [0.1, 0.15) is 11.6 Å². The molecule has 0 bridgehead atoms. The van der Waals surface area contributed by atoms with Gasteiger partial charge in [0.05, 0.1) is 5.56 Å². The molecule has 2 rings (SSSR count). The maximum atomic E-state index is 13.2. The summed E-state index contributed by atoms with van der Waals surface area (Å²) in [5.41, 5.74) is -0.0307. The van der Waals surface area contributed by atoms with Crippen LogP contribution in [0.2, 0.25) is 0 Å². The first kappa shape index (κ1) is 20.6. The van der Waals surface area contributed by atoms with E-state index in [1.807, 2.05) is 6.92 Å². The van der Waals surface area contributed by atoms with Crippen LogP contribution in [0.15, 0.2) is 18.2 Å². The van der Waals surface area contributed by atoms with E-state index in [1.54, 1.807) is 4.90 Å². The van der Waals surface area contributed by atoms with E-state index < -0.39 is 24.1 Å². The number of ether oxygens (including phenoxy) is 1. The molecule has 1 aromatic rings. The summed E-state index contributed by atoms with van der Waals surface area (Å²) in [6.07, 6.45) is 1.70. The molecule has 1 fully saturated rings. The Hall–Kier alpha value is -1.47. The summed E-state index contributed by atoms with van der Waals surface area (Å²) in [6, 6.07) is 3.08. The van der Waals surface area contributed by atoms with Gasteiger partial charge in [-0.2, -0.15) is 8.78 Å². The lowest BCUT2D eigenvalue weighted by Gasteiger charge is -2.32. The number of rotatable bonds is 6. The van der Waals surface area contributed by atoms with Crippen molar-refractivity contribution in [1.82, 2.24) is 10.2 Å².